The Bertz CT molecular complexity index is 1530. The van der Waals surface area contributed by atoms with Crippen LogP contribution in [0, 0.1) is 13.8 Å². The lowest BCUT2D eigenvalue weighted by atomic mass is 9.70. The molecule has 1 aromatic heterocycles. The first-order chi connectivity index (χ1) is 16.2. The van der Waals surface area contributed by atoms with Crippen LogP contribution < -0.4 is 0 Å². The minimum absolute atomic E-state index is 0.318. The van der Waals surface area contributed by atoms with Crippen molar-refractivity contribution in [3.8, 4) is 33.5 Å². The van der Waals surface area contributed by atoms with Gasteiger partial charge in [-0.05, 0) is 64.4 Å². The van der Waals surface area contributed by atoms with E-state index in [0.29, 0.717) is 0 Å². The molecule has 2 aliphatic carbocycles. The molecular weight excluding hydrogens is 400 g/mol. The summed E-state index contributed by atoms with van der Waals surface area (Å²) >= 11 is 0. The quantitative estimate of drug-likeness (QED) is 0.282. The summed E-state index contributed by atoms with van der Waals surface area (Å²) in [7, 11) is 0. The molecule has 0 aliphatic heterocycles. The number of rotatable bonds is 1. The predicted octanol–water partition coefficient (Wildman–Crippen LogP) is 7.10. The highest BCUT2D eigenvalue weighted by molar-refractivity contribution is 5.95. The molecule has 0 amide bonds. The van der Waals surface area contributed by atoms with E-state index in [4.69, 9.17) is 4.98 Å². The fourth-order valence-corrected chi connectivity index (χ4v) is 6.12. The molecule has 0 radical (unpaired) electrons. The Morgan fingerprint density at radius 3 is 1.64 bits per heavy atom. The molecule has 0 saturated carbocycles. The van der Waals surface area contributed by atoms with E-state index in [9.17, 15) is 0 Å². The lowest BCUT2D eigenvalue weighted by molar-refractivity contribution is 0.794. The molecular formula is C31H22N2. The van der Waals surface area contributed by atoms with Gasteiger partial charge in [0.1, 0.15) is 0 Å². The summed E-state index contributed by atoms with van der Waals surface area (Å²) in [5.74, 6) is 0. The molecule has 0 fully saturated rings. The fourth-order valence-electron chi connectivity index (χ4n) is 6.12. The molecule has 2 aliphatic rings. The van der Waals surface area contributed by atoms with Crippen LogP contribution in [0.4, 0.5) is 0 Å². The van der Waals surface area contributed by atoms with Crippen LogP contribution in [0.2, 0.25) is 0 Å². The number of nitrogens with zero attached hydrogens (tertiary/aromatic N) is 2. The Hall–Kier alpha value is -4.04. The molecule has 0 atom stereocenters. The zero-order valence-corrected chi connectivity index (χ0v) is 18.6. The Labute approximate surface area is 193 Å². The standard InChI is InChI=1S/C31H22N2/c1-19-18-32-30(20(2)33-19)21-15-16-25-24-11-5-8-14-28(24)31(29(25)17-21)26-12-6-3-9-22(26)23-10-4-7-13-27(23)31/h3-18H,1-2H3. The second-order valence-corrected chi connectivity index (χ2v) is 9.09. The Morgan fingerprint density at radius 2 is 1.09 bits per heavy atom. The van der Waals surface area contributed by atoms with E-state index in [1.165, 1.54) is 44.5 Å². The Kier molecular flexibility index (Phi) is 3.64. The van der Waals surface area contributed by atoms with Gasteiger partial charge >= 0.3 is 0 Å². The van der Waals surface area contributed by atoms with Gasteiger partial charge in [0.25, 0.3) is 0 Å². The number of hydrogen-bond donors (Lipinski definition) is 0. The van der Waals surface area contributed by atoms with E-state index in [2.05, 4.69) is 96.0 Å². The summed E-state index contributed by atoms with van der Waals surface area (Å²) in [4.78, 5) is 9.45. The van der Waals surface area contributed by atoms with Gasteiger partial charge in [0.15, 0.2) is 0 Å². The lowest BCUT2D eigenvalue weighted by Crippen LogP contribution is -2.25. The van der Waals surface area contributed by atoms with Gasteiger partial charge in [-0.15, -0.1) is 0 Å². The molecule has 0 saturated heterocycles. The highest BCUT2D eigenvalue weighted by Crippen LogP contribution is 2.62. The Morgan fingerprint density at radius 1 is 0.576 bits per heavy atom. The largest absolute Gasteiger partial charge is 0.255 e. The third-order valence-electron chi connectivity index (χ3n) is 7.34. The van der Waals surface area contributed by atoms with Crippen molar-refractivity contribution in [2.24, 2.45) is 0 Å². The maximum absolute atomic E-state index is 4.76. The van der Waals surface area contributed by atoms with E-state index in [1.54, 1.807) is 0 Å². The van der Waals surface area contributed by atoms with Crippen molar-refractivity contribution in [1.82, 2.24) is 9.97 Å². The summed E-state index contributed by atoms with van der Waals surface area (Å²) in [6, 6.07) is 33.5. The van der Waals surface area contributed by atoms with Crippen LogP contribution in [0.1, 0.15) is 33.6 Å². The number of hydrogen-bond acceptors (Lipinski definition) is 2. The molecule has 1 spiro atoms. The van der Waals surface area contributed by atoms with Gasteiger partial charge in [-0.2, -0.15) is 0 Å². The predicted molar refractivity (Wildman–Crippen MR) is 133 cm³/mol. The van der Waals surface area contributed by atoms with Crippen molar-refractivity contribution in [3.05, 3.63) is 131 Å². The number of benzene rings is 4. The van der Waals surface area contributed by atoms with Gasteiger partial charge in [0.05, 0.1) is 22.5 Å². The summed E-state index contributed by atoms with van der Waals surface area (Å²) in [6.07, 6.45) is 1.86. The first-order valence-corrected chi connectivity index (χ1v) is 11.4. The van der Waals surface area contributed by atoms with Gasteiger partial charge in [0, 0.05) is 11.8 Å². The maximum atomic E-state index is 4.76. The van der Waals surface area contributed by atoms with Gasteiger partial charge in [-0.3, -0.25) is 9.97 Å². The SMILES string of the molecule is Cc1cnc(-c2ccc3c(c2)C2(c4ccccc4-c4ccccc42)c2ccccc2-3)c(C)n1. The first kappa shape index (κ1) is 18.5. The van der Waals surface area contributed by atoms with Crippen LogP contribution in [0.5, 0.6) is 0 Å². The van der Waals surface area contributed by atoms with Crippen molar-refractivity contribution in [3.63, 3.8) is 0 Å². The van der Waals surface area contributed by atoms with Crippen LogP contribution in [-0.2, 0) is 5.41 Å². The molecule has 0 bridgehead atoms. The van der Waals surface area contributed by atoms with Crippen LogP contribution >= 0.6 is 0 Å². The van der Waals surface area contributed by atoms with E-state index in [-0.39, 0.29) is 5.41 Å². The molecule has 0 unspecified atom stereocenters. The van der Waals surface area contributed by atoms with Crippen molar-refractivity contribution in [1.29, 1.82) is 0 Å². The summed E-state index contributed by atoms with van der Waals surface area (Å²) in [5, 5.41) is 0. The second kappa shape index (κ2) is 6.49. The van der Waals surface area contributed by atoms with Gasteiger partial charge in [0.2, 0.25) is 0 Å². The van der Waals surface area contributed by atoms with Gasteiger partial charge in [-0.25, -0.2) is 0 Å². The van der Waals surface area contributed by atoms with E-state index in [0.717, 1.165) is 22.6 Å². The monoisotopic (exact) mass is 422 g/mol. The van der Waals surface area contributed by atoms with Crippen LogP contribution in [-0.4, -0.2) is 9.97 Å². The molecule has 5 aromatic rings. The van der Waals surface area contributed by atoms with Crippen molar-refractivity contribution < 1.29 is 0 Å². The van der Waals surface area contributed by atoms with Crippen molar-refractivity contribution in [2.45, 2.75) is 19.3 Å². The van der Waals surface area contributed by atoms with E-state index >= 15 is 0 Å². The highest BCUT2D eigenvalue weighted by Gasteiger charge is 2.51. The van der Waals surface area contributed by atoms with Gasteiger partial charge in [-0.1, -0.05) is 84.9 Å². The minimum atomic E-state index is -0.318. The molecule has 0 N–H and O–H groups in total. The number of fused-ring (bicyclic) bond motifs is 10. The lowest BCUT2D eigenvalue weighted by Gasteiger charge is -2.30. The summed E-state index contributed by atoms with van der Waals surface area (Å²) < 4.78 is 0. The molecule has 1 heterocycles. The molecule has 156 valence electrons. The average Bonchev–Trinajstić information content (AvgIpc) is 3.31. The van der Waals surface area contributed by atoms with E-state index < -0.39 is 0 Å². The third-order valence-corrected chi connectivity index (χ3v) is 7.34. The topological polar surface area (TPSA) is 25.8 Å². The number of aryl methyl sites for hydroxylation is 2. The minimum Gasteiger partial charge on any atom is -0.255 e. The highest BCUT2D eigenvalue weighted by atomic mass is 14.8. The van der Waals surface area contributed by atoms with Crippen molar-refractivity contribution in [2.75, 3.05) is 0 Å². The summed E-state index contributed by atoms with van der Waals surface area (Å²) in [6.45, 7) is 4.04. The molecule has 2 heteroatoms. The molecule has 7 rings (SSSR count). The third kappa shape index (κ3) is 2.28. The van der Waals surface area contributed by atoms with Crippen molar-refractivity contribution >= 4 is 0 Å². The fraction of sp³-hybridized carbons (Fsp3) is 0.0968. The zero-order chi connectivity index (χ0) is 22.2. The molecule has 33 heavy (non-hydrogen) atoms. The van der Waals surface area contributed by atoms with E-state index in [1.807, 2.05) is 20.0 Å². The van der Waals surface area contributed by atoms with Crippen LogP contribution in [0.3, 0.4) is 0 Å². The Balaban J connectivity index is 1.61. The number of aromatic nitrogens is 2. The van der Waals surface area contributed by atoms with Crippen LogP contribution in [0.15, 0.2) is 97.2 Å². The van der Waals surface area contributed by atoms with Crippen LogP contribution in [0.25, 0.3) is 33.5 Å². The zero-order valence-electron chi connectivity index (χ0n) is 18.6. The summed E-state index contributed by atoms with van der Waals surface area (Å²) in [5.41, 5.74) is 14.4. The molecule has 2 nitrogen and oxygen atoms in total. The second-order valence-electron chi connectivity index (χ2n) is 9.09. The first-order valence-electron chi connectivity index (χ1n) is 11.4. The van der Waals surface area contributed by atoms with Gasteiger partial charge < -0.3 is 0 Å². The normalized spacial score (nSPS) is 14.0. The molecule has 4 aromatic carbocycles. The smallest absolute Gasteiger partial charge is 0.0914 e. The average molecular weight is 423 g/mol. The maximum Gasteiger partial charge on any atom is 0.0914 e.